The number of hydrogen-bond donors (Lipinski definition) is 1. The third kappa shape index (κ3) is 5.66. The van der Waals surface area contributed by atoms with E-state index in [-0.39, 0.29) is 24.3 Å². The second-order valence-electron chi connectivity index (χ2n) is 9.04. The summed E-state index contributed by atoms with van der Waals surface area (Å²) in [6.45, 7) is 3.97. The summed E-state index contributed by atoms with van der Waals surface area (Å²) >= 11 is 0. The van der Waals surface area contributed by atoms with Crippen molar-refractivity contribution in [1.82, 2.24) is 14.9 Å². The number of allylic oxidation sites excluding steroid dienone is 1. The van der Waals surface area contributed by atoms with Crippen LogP contribution in [0.2, 0.25) is 0 Å². The molecule has 1 fully saturated rings. The summed E-state index contributed by atoms with van der Waals surface area (Å²) in [6, 6.07) is 7.56. The molecule has 1 saturated heterocycles. The number of ether oxygens (including phenoxy) is 1. The molecule has 4 rings (SSSR count). The van der Waals surface area contributed by atoms with Gasteiger partial charge in [0, 0.05) is 25.0 Å². The van der Waals surface area contributed by atoms with Crippen molar-refractivity contribution < 1.29 is 14.3 Å². The Morgan fingerprint density at radius 2 is 1.97 bits per heavy atom. The van der Waals surface area contributed by atoms with Gasteiger partial charge in [-0.25, -0.2) is 4.79 Å². The van der Waals surface area contributed by atoms with Gasteiger partial charge in [0.05, 0.1) is 18.0 Å². The zero-order valence-corrected chi connectivity index (χ0v) is 19.9. The largest absolute Gasteiger partial charge is 0.466 e. The van der Waals surface area contributed by atoms with Gasteiger partial charge in [0.2, 0.25) is 5.91 Å². The molecule has 1 aliphatic carbocycles. The Kier molecular flexibility index (Phi) is 7.98. The van der Waals surface area contributed by atoms with Crippen molar-refractivity contribution in [1.29, 1.82) is 0 Å². The van der Waals surface area contributed by atoms with Crippen LogP contribution in [0.15, 0.2) is 40.7 Å². The molecule has 1 aromatic heterocycles. The van der Waals surface area contributed by atoms with Crippen molar-refractivity contribution in [3.63, 3.8) is 0 Å². The maximum absolute atomic E-state index is 13.0. The number of carbonyl (C=O) groups is 2. The first-order chi connectivity index (χ1) is 16.6. The number of piperidine rings is 1. The van der Waals surface area contributed by atoms with E-state index in [0.29, 0.717) is 50.4 Å². The number of benzene rings is 1. The Bertz CT molecular complexity index is 1120. The van der Waals surface area contributed by atoms with E-state index in [1.54, 1.807) is 0 Å². The monoisotopic (exact) mass is 466 g/mol. The maximum atomic E-state index is 13.0. The number of esters is 1. The van der Waals surface area contributed by atoms with Crippen LogP contribution in [0.3, 0.4) is 0 Å². The lowest BCUT2D eigenvalue weighted by Crippen LogP contribution is -2.40. The summed E-state index contributed by atoms with van der Waals surface area (Å²) in [5, 5.41) is 3.78. The lowest BCUT2D eigenvalue weighted by atomic mass is 9.97. The molecule has 2 aliphatic rings. The van der Waals surface area contributed by atoms with Crippen LogP contribution in [0.1, 0.15) is 51.9 Å². The molecule has 0 unspecified atom stereocenters. The number of carbonyl (C=O) groups excluding carboxylic acids is 2. The lowest BCUT2D eigenvalue weighted by Gasteiger charge is -2.32. The van der Waals surface area contributed by atoms with E-state index >= 15 is 0 Å². The second-order valence-corrected chi connectivity index (χ2v) is 9.04. The molecule has 1 aromatic carbocycles. The standard InChI is InChI=1S/C26H34N4O4/c1-2-34-25(32)20-13-16-29(17-14-20)24-21-10-6-7-11-22(21)30(26(33)28-24)18-23(31)27-15-12-19-8-4-3-5-9-19/h6-8,10-11,20H,2-5,9,12-18H2,1H3,(H,27,31). The Morgan fingerprint density at radius 3 is 2.71 bits per heavy atom. The number of fused-ring (bicyclic) bond motifs is 1. The normalized spacial score (nSPS) is 16.9. The third-order valence-electron chi connectivity index (χ3n) is 6.74. The van der Waals surface area contributed by atoms with Crippen LogP contribution in [0, 0.1) is 5.92 Å². The van der Waals surface area contributed by atoms with E-state index in [9.17, 15) is 14.4 Å². The van der Waals surface area contributed by atoms with E-state index in [1.165, 1.54) is 23.0 Å². The number of anilines is 1. The van der Waals surface area contributed by atoms with Crippen LogP contribution in [-0.2, 0) is 20.9 Å². The topological polar surface area (TPSA) is 93.5 Å². The highest BCUT2D eigenvalue weighted by molar-refractivity contribution is 5.91. The first kappa shape index (κ1) is 24.0. The van der Waals surface area contributed by atoms with Gasteiger partial charge in [-0.3, -0.25) is 14.2 Å². The lowest BCUT2D eigenvalue weighted by molar-refractivity contribution is -0.148. The van der Waals surface area contributed by atoms with Crippen molar-refractivity contribution in [2.75, 3.05) is 31.1 Å². The van der Waals surface area contributed by atoms with Gasteiger partial charge < -0.3 is 15.0 Å². The average Bonchev–Trinajstić information content (AvgIpc) is 2.86. The molecule has 1 N–H and O–H groups in total. The zero-order chi connectivity index (χ0) is 23.9. The molecule has 2 heterocycles. The Balaban J connectivity index is 1.45. The van der Waals surface area contributed by atoms with E-state index in [2.05, 4.69) is 21.3 Å². The molecule has 2 aromatic rings. The molecular formula is C26H34N4O4. The minimum atomic E-state index is -0.439. The highest BCUT2D eigenvalue weighted by Crippen LogP contribution is 2.28. The van der Waals surface area contributed by atoms with Gasteiger partial charge in [-0.05, 0) is 64.0 Å². The number of amides is 1. The van der Waals surface area contributed by atoms with Crippen LogP contribution in [0.25, 0.3) is 10.9 Å². The molecule has 0 bridgehead atoms. The van der Waals surface area contributed by atoms with Gasteiger partial charge >= 0.3 is 11.7 Å². The Hall–Kier alpha value is -3.16. The third-order valence-corrected chi connectivity index (χ3v) is 6.74. The Morgan fingerprint density at radius 1 is 1.18 bits per heavy atom. The average molecular weight is 467 g/mol. The van der Waals surface area contributed by atoms with E-state index < -0.39 is 5.69 Å². The van der Waals surface area contributed by atoms with Crippen molar-refractivity contribution >= 4 is 28.6 Å². The summed E-state index contributed by atoms with van der Waals surface area (Å²) in [4.78, 5) is 44.1. The molecule has 1 aliphatic heterocycles. The number of aromatic nitrogens is 2. The number of para-hydroxylation sites is 1. The van der Waals surface area contributed by atoms with Crippen LogP contribution < -0.4 is 15.9 Å². The smallest absolute Gasteiger partial charge is 0.350 e. The van der Waals surface area contributed by atoms with Gasteiger partial charge in [-0.2, -0.15) is 4.98 Å². The van der Waals surface area contributed by atoms with E-state index in [0.717, 1.165) is 24.6 Å². The summed E-state index contributed by atoms with van der Waals surface area (Å²) in [7, 11) is 0. The molecular weight excluding hydrogens is 432 g/mol. The van der Waals surface area contributed by atoms with Crippen LogP contribution in [0.5, 0.6) is 0 Å². The molecule has 8 heteroatoms. The minimum Gasteiger partial charge on any atom is -0.466 e. The molecule has 34 heavy (non-hydrogen) atoms. The molecule has 182 valence electrons. The fourth-order valence-corrected chi connectivity index (χ4v) is 4.89. The number of nitrogens with zero attached hydrogens (tertiary/aromatic N) is 3. The van der Waals surface area contributed by atoms with Crippen molar-refractivity contribution in [3.8, 4) is 0 Å². The second kappa shape index (κ2) is 11.3. The van der Waals surface area contributed by atoms with Crippen LogP contribution >= 0.6 is 0 Å². The highest BCUT2D eigenvalue weighted by Gasteiger charge is 2.28. The molecule has 0 atom stereocenters. The number of hydrogen-bond acceptors (Lipinski definition) is 6. The first-order valence-electron chi connectivity index (χ1n) is 12.4. The summed E-state index contributed by atoms with van der Waals surface area (Å²) < 4.78 is 6.60. The van der Waals surface area contributed by atoms with Crippen molar-refractivity contribution in [2.45, 2.75) is 58.4 Å². The van der Waals surface area contributed by atoms with Gasteiger partial charge in [0.25, 0.3) is 0 Å². The fourth-order valence-electron chi connectivity index (χ4n) is 4.89. The van der Waals surface area contributed by atoms with Crippen LogP contribution in [0.4, 0.5) is 5.82 Å². The first-order valence-corrected chi connectivity index (χ1v) is 12.4. The molecule has 0 spiro atoms. The van der Waals surface area contributed by atoms with Crippen molar-refractivity contribution in [2.24, 2.45) is 5.92 Å². The van der Waals surface area contributed by atoms with Crippen molar-refractivity contribution in [3.05, 3.63) is 46.4 Å². The SMILES string of the molecule is CCOC(=O)C1CCN(c2nc(=O)n(CC(=O)NCCC3=CCCCC3)c3ccccc23)CC1. The van der Waals surface area contributed by atoms with Crippen LogP contribution in [-0.4, -0.2) is 47.7 Å². The van der Waals surface area contributed by atoms with Gasteiger partial charge in [-0.1, -0.05) is 23.8 Å². The number of rotatable bonds is 8. The summed E-state index contributed by atoms with van der Waals surface area (Å²) in [5.74, 6) is 0.161. The predicted octanol–water partition coefficient (Wildman–Crippen LogP) is 3.18. The molecule has 0 radical (unpaired) electrons. The molecule has 0 saturated carbocycles. The fraction of sp³-hybridized carbons (Fsp3) is 0.538. The maximum Gasteiger partial charge on any atom is 0.350 e. The van der Waals surface area contributed by atoms with E-state index in [1.807, 2.05) is 31.2 Å². The van der Waals surface area contributed by atoms with E-state index in [4.69, 9.17) is 4.74 Å². The van der Waals surface area contributed by atoms with Gasteiger partial charge in [-0.15, -0.1) is 0 Å². The Labute approximate surface area is 200 Å². The highest BCUT2D eigenvalue weighted by atomic mass is 16.5. The summed E-state index contributed by atoms with van der Waals surface area (Å²) in [5.41, 5.74) is 1.66. The van der Waals surface area contributed by atoms with Gasteiger partial charge in [0.15, 0.2) is 0 Å². The quantitative estimate of drug-likeness (QED) is 0.474. The number of nitrogens with one attached hydrogen (secondary N) is 1. The van der Waals surface area contributed by atoms with Gasteiger partial charge in [0.1, 0.15) is 12.4 Å². The predicted molar refractivity (Wildman–Crippen MR) is 132 cm³/mol. The molecule has 8 nitrogen and oxygen atoms in total. The summed E-state index contributed by atoms with van der Waals surface area (Å²) in [6.07, 6.45) is 9.18. The minimum absolute atomic E-state index is 0.0589. The molecule has 1 amide bonds. The zero-order valence-electron chi connectivity index (χ0n) is 19.9.